The van der Waals surface area contributed by atoms with E-state index < -0.39 is 5.97 Å². The van der Waals surface area contributed by atoms with Crippen molar-refractivity contribution in [2.45, 2.75) is 90.8 Å². The van der Waals surface area contributed by atoms with Crippen LogP contribution in [0, 0.1) is 40.4 Å². The SMILES string of the molecule is C[C@H](CCC(=O)O)[C@H]1CC[C@H]2[C@@H]3[C@H](O)CC4=C[C@H](O)CC[C@]4(C)[C@H]3CC[C@]12C. The van der Waals surface area contributed by atoms with E-state index in [1.54, 1.807) is 0 Å². The van der Waals surface area contributed by atoms with Gasteiger partial charge in [0.05, 0.1) is 12.2 Å². The van der Waals surface area contributed by atoms with Crippen LogP contribution in [0.4, 0.5) is 0 Å². The lowest BCUT2D eigenvalue weighted by atomic mass is 9.45. The molecule has 0 aromatic rings. The standard InChI is InChI=1S/C24H38O4/c1-14(4-7-21(27)28)17-5-6-18-22-19(9-11-24(17,18)3)23(2)10-8-16(25)12-15(23)13-20(22)26/h12,14,16-20,22,25-26H,4-11,13H2,1-3H3,(H,27,28)/t14-,16-,17-,18+,19+,20-,22+,23+,24-/m1/s1. The van der Waals surface area contributed by atoms with E-state index in [4.69, 9.17) is 5.11 Å². The smallest absolute Gasteiger partial charge is 0.303 e. The molecule has 0 aliphatic heterocycles. The van der Waals surface area contributed by atoms with Crippen molar-refractivity contribution >= 4 is 5.97 Å². The van der Waals surface area contributed by atoms with Crippen LogP contribution in [-0.2, 0) is 4.79 Å². The van der Waals surface area contributed by atoms with Crippen molar-refractivity contribution in [1.82, 2.24) is 0 Å². The van der Waals surface area contributed by atoms with Gasteiger partial charge in [-0.15, -0.1) is 0 Å². The Hall–Kier alpha value is -0.870. The number of carboxylic acids is 1. The number of carboxylic acid groups (broad SMARTS) is 1. The molecule has 0 saturated heterocycles. The molecule has 4 heteroatoms. The number of aliphatic carboxylic acids is 1. The molecule has 3 saturated carbocycles. The fourth-order valence-corrected chi connectivity index (χ4v) is 8.20. The minimum absolute atomic E-state index is 0.136. The molecule has 0 aromatic carbocycles. The summed E-state index contributed by atoms with van der Waals surface area (Å²) in [5, 5.41) is 30.4. The first kappa shape index (κ1) is 20.4. The fraction of sp³-hybridized carbons (Fsp3) is 0.875. The molecule has 3 fully saturated rings. The second kappa shape index (κ2) is 7.12. The first-order valence-corrected chi connectivity index (χ1v) is 11.5. The van der Waals surface area contributed by atoms with Crippen LogP contribution < -0.4 is 0 Å². The molecule has 4 rings (SSSR count). The maximum absolute atomic E-state index is 11.2. The summed E-state index contributed by atoms with van der Waals surface area (Å²) in [6, 6.07) is 0. The zero-order valence-corrected chi connectivity index (χ0v) is 17.7. The van der Waals surface area contributed by atoms with Gasteiger partial charge in [-0.25, -0.2) is 0 Å². The number of aliphatic hydroxyl groups excluding tert-OH is 2. The third-order valence-corrected chi connectivity index (χ3v) is 9.68. The molecule has 0 aromatic heterocycles. The van der Waals surface area contributed by atoms with E-state index >= 15 is 0 Å². The molecule has 4 aliphatic carbocycles. The van der Waals surface area contributed by atoms with E-state index in [0.29, 0.717) is 29.6 Å². The van der Waals surface area contributed by atoms with Gasteiger partial charge >= 0.3 is 5.97 Å². The Morgan fingerprint density at radius 1 is 1.14 bits per heavy atom. The summed E-state index contributed by atoms with van der Waals surface area (Å²) in [7, 11) is 0. The van der Waals surface area contributed by atoms with Crippen molar-refractivity contribution in [1.29, 1.82) is 0 Å². The van der Waals surface area contributed by atoms with Crippen molar-refractivity contribution in [3.63, 3.8) is 0 Å². The van der Waals surface area contributed by atoms with Crippen molar-refractivity contribution in [3.05, 3.63) is 11.6 Å². The molecule has 0 spiro atoms. The number of aliphatic hydroxyl groups is 2. The van der Waals surface area contributed by atoms with Gasteiger partial charge in [-0.2, -0.15) is 0 Å². The lowest BCUT2D eigenvalue weighted by Crippen LogP contribution is -2.55. The molecule has 9 atom stereocenters. The van der Waals surface area contributed by atoms with Gasteiger partial charge in [-0.1, -0.05) is 32.4 Å². The quantitative estimate of drug-likeness (QED) is 0.622. The summed E-state index contributed by atoms with van der Waals surface area (Å²) in [5.41, 5.74) is 1.66. The third kappa shape index (κ3) is 3.06. The van der Waals surface area contributed by atoms with Crippen LogP contribution in [0.1, 0.15) is 78.6 Å². The van der Waals surface area contributed by atoms with Crippen LogP contribution in [0.25, 0.3) is 0 Å². The van der Waals surface area contributed by atoms with E-state index in [2.05, 4.69) is 20.8 Å². The number of fused-ring (bicyclic) bond motifs is 5. The normalized spacial score (nSPS) is 48.8. The predicted molar refractivity (Wildman–Crippen MR) is 109 cm³/mol. The molecule has 28 heavy (non-hydrogen) atoms. The van der Waals surface area contributed by atoms with Gasteiger partial charge in [-0.05, 0) is 91.8 Å². The van der Waals surface area contributed by atoms with Crippen LogP contribution in [0.5, 0.6) is 0 Å². The Bertz CT molecular complexity index is 657. The lowest BCUT2D eigenvalue weighted by molar-refractivity contribution is -0.137. The Labute approximate surface area is 169 Å². The van der Waals surface area contributed by atoms with Gasteiger partial charge in [0, 0.05) is 6.42 Å². The molecular formula is C24H38O4. The van der Waals surface area contributed by atoms with Crippen LogP contribution in [0.2, 0.25) is 0 Å². The molecule has 0 amide bonds. The Kier molecular flexibility index (Phi) is 5.19. The molecule has 4 nitrogen and oxygen atoms in total. The van der Waals surface area contributed by atoms with E-state index in [-0.39, 0.29) is 29.5 Å². The van der Waals surface area contributed by atoms with E-state index in [0.717, 1.165) is 32.1 Å². The minimum atomic E-state index is -0.690. The molecular weight excluding hydrogens is 352 g/mol. The predicted octanol–water partition coefficient (Wildman–Crippen LogP) is 4.40. The molecule has 0 radical (unpaired) electrons. The van der Waals surface area contributed by atoms with Gasteiger partial charge < -0.3 is 15.3 Å². The van der Waals surface area contributed by atoms with Gasteiger partial charge in [0.2, 0.25) is 0 Å². The summed E-state index contributed by atoms with van der Waals surface area (Å²) in [6.07, 6.45) is 9.74. The Balaban J connectivity index is 1.58. The van der Waals surface area contributed by atoms with Crippen LogP contribution >= 0.6 is 0 Å². The van der Waals surface area contributed by atoms with Crippen LogP contribution in [-0.4, -0.2) is 33.5 Å². The molecule has 3 N–H and O–H groups in total. The van der Waals surface area contributed by atoms with E-state index in [1.807, 2.05) is 6.08 Å². The first-order chi connectivity index (χ1) is 13.2. The number of hydrogen-bond donors (Lipinski definition) is 3. The third-order valence-electron chi connectivity index (χ3n) is 9.68. The highest BCUT2D eigenvalue weighted by atomic mass is 16.4. The summed E-state index contributed by atoms with van der Waals surface area (Å²) >= 11 is 0. The molecule has 0 bridgehead atoms. The highest BCUT2D eigenvalue weighted by Crippen LogP contribution is 2.67. The van der Waals surface area contributed by atoms with E-state index in [1.165, 1.54) is 24.8 Å². The Morgan fingerprint density at radius 2 is 1.89 bits per heavy atom. The second-order valence-corrected chi connectivity index (χ2v) is 10.9. The number of carbonyl (C=O) groups is 1. The van der Waals surface area contributed by atoms with Crippen molar-refractivity contribution < 1.29 is 20.1 Å². The van der Waals surface area contributed by atoms with Crippen molar-refractivity contribution in [2.24, 2.45) is 40.4 Å². The number of rotatable bonds is 4. The first-order valence-electron chi connectivity index (χ1n) is 11.5. The minimum Gasteiger partial charge on any atom is -0.481 e. The maximum Gasteiger partial charge on any atom is 0.303 e. The summed E-state index contributed by atoms with van der Waals surface area (Å²) < 4.78 is 0. The van der Waals surface area contributed by atoms with Crippen molar-refractivity contribution in [3.8, 4) is 0 Å². The highest BCUT2D eigenvalue weighted by Gasteiger charge is 2.61. The molecule has 158 valence electrons. The van der Waals surface area contributed by atoms with Crippen molar-refractivity contribution in [2.75, 3.05) is 0 Å². The average Bonchev–Trinajstić information content (AvgIpc) is 2.98. The second-order valence-electron chi connectivity index (χ2n) is 10.9. The van der Waals surface area contributed by atoms with Crippen LogP contribution in [0.3, 0.4) is 0 Å². The van der Waals surface area contributed by atoms with Gasteiger partial charge in [0.25, 0.3) is 0 Å². The fourth-order valence-electron chi connectivity index (χ4n) is 8.20. The zero-order chi connectivity index (χ0) is 20.3. The monoisotopic (exact) mass is 390 g/mol. The van der Waals surface area contributed by atoms with Gasteiger partial charge in [-0.3, -0.25) is 4.79 Å². The summed E-state index contributed by atoms with van der Waals surface area (Å²) in [4.78, 5) is 11.0. The molecule has 4 aliphatic rings. The summed E-state index contributed by atoms with van der Waals surface area (Å²) in [6.45, 7) is 7.07. The summed E-state index contributed by atoms with van der Waals surface area (Å²) in [5.74, 6) is 1.73. The highest BCUT2D eigenvalue weighted by molar-refractivity contribution is 5.66. The molecule has 0 heterocycles. The lowest BCUT2D eigenvalue weighted by Gasteiger charge is -2.60. The average molecular weight is 391 g/mol. The van der Waals surface area contributed by atoms with Gasteiger partial charge in [0.1, 0.15) is 0 Å². The Morgan fingerprint density at radius 3 is 2.61 bits per heavy atom. The maximum atomic E-state index is 11.2. The van der Waals surface area contributed by atoms with Crippen LogP contribution in [0.15, 0.2) is 11.6 Å². The van der Waals surface area contributed by atoms with E-state index in [9.17, 15) is 15.0 Å². The topological polar surface area (TPSA) is 77.8 Å². The number of hydrogen-bond acceptors (Lipinski definition) is 3. The molecule has 0 unspecified atom stereocenters. The van der Waals surface area contributed by atoms with Gasteiger partial charge in [0.15, 0.2) is 0 Å². The zero-order valence-electron chi connectivity index (χ0n) is 17.7. The largest absolute Gasteiger partial charge is 0.481 e.